The van der Waals surface area contributed by atoms with E-state index in [1.165, 1.54) is 5.56 Å². The normalized spacial score (nSPS) is 10.9. The quantitative estimate of drug-likeness (QED) is 0.633. The van der Waals surface area contributed by atoms with E-state index < -0.39 is 0 Å². The molecule has 0 saturated carbocycles. The highest BCUT2D eigenvalue weighted by atomic mass is 79.9. The molecule has 110 valence electrons. The first-order valence-corrected chi connectivity index (χ1v) is 7.69. The van der Waals surface area contributed by atoms with Gasteiger partial charge in [-0.3, -0.25) is 0 Å². The molecule has 1 aromatic carbocycles. The van der Waals surface area contributed by atoms with Crippen LogP contribution >= 0.6 is 15.9 Å². The number of benzene rings is 1. The van der Waals surface area contributed by atoms with E-state index in [9.17, 15) is 0 Å². The summed E-state index contributed by atoms with van der Waals surface area (Å²) in [5, 5.41) is 3.51. The Hall–Kier alpha value is -0.980. The van der Waals surface area contributed by atoms with E-state index >= 15 is 0 Å². The van der Waals surface area contributed by atoms with Crippen molar-refractivity contribution in [1.29, 1.82) is 0 Å². The molecule has 0 bridgehead atoms. The standard InChI is InChI=1S/C17H24BrNO/c1-6-7-8-9-20-16-13(2)10-15(18)11-14(16)12-19-17(3,4)5/h10-11,19H,8-9,12H2,1-5H3. The number of ether oxygens (including phenoxy) is 1. The summed E-state index contributed by atoms with van der Waals surface area (Å²) < 4.78 is 7.01. The first-order valence-electron chi connectivity index (χ1n) is 6.90. The van der Waals surface area contributed by atoms with E-state index in [0.29, 0.717) is 6.61 Å². The van der Waals surface area contributed by atoms with Crippen molar-refractivity contribution >= 4 is 15.9 Å². The lowest BCUT2D eigenvalue weighted by Gasteiger charge is -2.22. The van der Waals surface area contributed by atoms with Crippen molar-refractivity contribution in [3.63, 3.8) is 0 Å². The molecule has 1 aromatic rings. The zero-order chi connectivity index (χ0) is 15.2. The first-order chi connectivity index (χ1) is 9.33. The van der Waals surface area contributed by atoms with Gasteiger partial charge >= 0.3 is 0 Å². The summed E-state index contributed by atoms with van der Waals surface area (Å²) >= 11 is 3.55. The minimum Gasteiger partial charge on any atom is -0.492 e. The zero-order valence-corrected chi connectivity index (χ0v) is 14.6. The van der Waals surface area contributed by atoms with E-state index in [4.69, 9.17) is 4.74 Å². The van der Waals surface area contributed by atoms with Crippen molar-refractivity contribution < 1.29 is 4.74 Å². The summed E-state index contributed by atoms with van der Waals surface area (Å²) in [6.07, 6.45) is 0.762. The molecule has 0 heterocycles. The van der Waals surface area contributed by atoms with Crippen LogP contribution in [0.4, 0.5) is 0 Å². The molecule has 0 atom stereocenters. The molecular formula is C17H24BrNO. The van der Waals surface area contributed by atoms with Gasteiger partial charge in [0.25, 0.3) is 0 Å². The third-order valence-electron chi connectivity index (χ3n) is 2.78. The Morgan fingerprint density at radius 2 is 2.00 bits per heavy atom. The molecule has 3 heteroatoms. The van der Waals surface area contributed by atoms with Gasteiger partial charge < -0.3 is 10.1 Å². The summed E-state index contributed by atoms with van der Waals surface area (Å²) in [6.45, 7) is 11.8. The maximum atomic E-state index is 5.93. The Kier molecular flexibility index (Phi) is 6.58. The van der Waals surface area contributed by atoms with Crippen LogP contribution in [0.25, 0.3) is 0 Å². The lowest BCUT2D eigenvalue weighted by molar-refractivity contribution is 0.318. The second-order valence-corrected chi connectivity index (χ2v) is 6.76. The average molecular weight is 338 g/mol. The summed E-state index contributed by atoms with van der Waals surface area (Å²) in [5.74, 6) is 6.89. The van der Waals surface area contributed by atoms with Crippen LogP contribution in [0.5, 0.6) is 5.75 Å². The molecule has 0 fully saturated rings. The lowest BCUT2D eigenvalue weighted by atomic mass is 10.1. The molecule has 0 saturated heterocycles. The highest BCUT2D eigenvalue weighted by Crippen LogP contribution is 2.28. The molecule has 1 N–H and O–H groups in total. The highest BCUT2D eigenvalue weighted by molar-refractivity contribution is 9.10. The van der Waals surface area contributed by atoms with Crippen LogP contribution in [0.3, 0.4) is 0 Å². The van der Waals surface area contributed by atoms with E-state index in [2.05, 4.69) is 72.9 Å². The second-order valence-electron chi connectivity index (χ2n) is 5.84. The largest absolute Gasteiger partial charge is 0.492 e. The molecular weight excluding hydrogens is 314 g/mol. The number of rotatable bonds is 5. The Labute approximate surface area is 131 Å². The molecule has 0 aliphatic heterocycles. The van der Waals surface area contributed by atoms with Crippen LogP contribution in [0, 0.1) is 18.8 Å². The minimum atomic E-state index is 0.0845. The topological polar surface area (TPSA) is 21.3 Å². The molecule has 0 aromatic heterocycles. The highest BCUT2D eigenvalue weighted by Gasteiger charge is 2.13. The summed E-state index contributed by atoms with van der Waals surface area (Å²) in [5.41, 5.74) is 2.41. The van der Waals surface area contributed by atoms with Crippen molar-refractivity contribution in [3.05, 3.63) is 27.7 Å². The Morgan fingerprint density at radius 3 is 2.60 bits per heavy atom. The lowest BCUT2D eigenvalue weighted by Crippen LogP contribution is -2.35. The molecule has 1 rings (SSSR count). The third-order valence-corrected chi connectivity index (χ3v) is 3.23. The van der Waals surface area contributed by atoms with Crippen molar-refractivity contribution in [2.45, 2.75) is 53.1 Å². The monoisotopic (exact) mass is 337 g/mol. The molecule has 20 heavy (non-hydrogen) atoms. The Morgan fingerprint density at radius 1 is 1.30 bits per heavy atom. The van der Waals surface area contributed by atoms with Crippen molar-refractivity contribution in [2.24, 2.45) is 0 Å². The maximum absolute atomic E-state index is 5.93. The van der Waals surface area contributed by atoms with Crippen molar-refractivity contribution in [1.82, 2.24) is 5.32 Å². The van der Waals surface area contributed by atoms with Crippen LogP contribution < -0.4 is 10.1 Å². The third kappa shape index (κ3) is 5.98. The Balaban J connectivity index is 2.86. The van der Waals surface area contributed by atoms with Gasteiger partial charge in [0.15, 0.2) is 0 Å². The summed E-state index contributed by atoms with van der Waals surface area (Å²) in [6, 6.07) is 4.20. The van der Waals surface area contributed by atoms with Gasteiger partial charge in [0.1, 0.15) is 5.75 Å². The van der Waals surface area contributed by atoms with E-state index in [1.54, 1.807) is 0 Å². The fourth-order valence-electron chi connectivity index (χ4n) is 1.83. The van der Waals surface area contributed by atoms with Gasteiger partial charge in [0, 0.05) is 28.5 Å². The minimum absolute atomic E-state index is 0.0845. The van der Waals surface area contributed by atoms with Gasteiger partial charge in [0.2, 0.25) is 0 Å². The molecule has 0 spiro atoms. The number of hydrogen-bond donors (Lipinski definition) is 1. The van der Waals surface area contributed by atoms with E-state index in [0.717, 1.165) is 28.8 Å². The zero-order valence-electron chi connectivity index (χ0n) is 13.1. The molecule has 0 aliphatic carbocycles. The fraction of sp³-hybridized carbons (Fsp3) is 0.529. The number of nitrogens with one attached hydrogen (secondary N) is 1. The maximum Gasteiger partial charge on any atom is 0.126 e. The van der Waals surface area contributed by atoms with Crippen molar-refractivity contribution in [2.75, 3.05) is 6.61 Å². The van der Waals surface area contributed by atoms with Crippen molar-refractivity contribution in [3.8, 4) is 17.6 Å². The molecule has 0 unspecified atom stereocenters. The summed E-state index contributed by atoms with van der Waals surface area (Å²) in [7, 11) is 0. The van der Waals surface area contributed by atoms with Gasteiger partial charge in [-0.15, -0.1) is 11.8 Å². The van der Waals surface area contributed by atoms with Crippen LogP contribution in [0.15, 0.2) is 16.6 Å². The van der Waals surface area contributed by atoms with Gasteiger partial charge in [-0.1, -0.05) is 15.9 Å². The predicted octanol–water partition coefficient (Wildman–Crippen LogP) is 4.44. The molecule has 0 radical (unpaired) electrons. The fourth-order valence-corrected chi connectivity index (χ4v) is 2.45. The predicted molar refractivity (Wildman–Crippen MR) is 89.0 cm³/mol. The first kappa shape index (κ1) is 17.1. The molecule has 0 aliphatic rings. The smallest absolute Gasteiger partial charge is 0.126 e. The molecule has 0 amide bonds. The van der Waals surface area contributed by atoms with Crippen LogP contribution in [-0.4, -0.2) is 12.1 Å². The number of halogens is 1. The van der Waals surface area contributed by atoms with Crippen LogP contribution in [-0.2, 0) is 6.54 Å². The van der Waals surface area contributed by atoms with Crippen LogP contribution in [0.1, 0.15) is 45.2 Å². The molecule has 2 nitrogen and oxygen atoms in total. The van der Waals surface area contributed by atoms with E-state index in [-0.39, 0.29) is 5.54 Å². The summed E-state index contributed by atoms with van der Waals surface area (Å²) in [4.78, 5) is 0. The number of aryl methyl sites for hydroxylation is 1. The Bertz CT molecular complexity index is 506. The van der Waals surface area contributed by atoms with Gasteiger partial charge in [0.05, 0.1) is 6.61 Å². The average Bonchev–Trinajstić information content (AvgIpc) is 2.33. The van der Waals surface area contributed by atoms with Crippen LogP contribution in [0.2, 0.25) is 0 Å². The van der Waals surface area contributed by atoms with Gasteiger partial charge in [-0.2, -0.15) is 0 Å². The van der Waals surface area contributed by atoms with Gasteiger partial charge in [-0.05, 0) is 52.3 Å². The van der Waals surface area contributed by atoms with Gasteiger partial charge in [-0.25, -0.2) is 0 Å². The van der Waals surface area contributed by atoms with E-state index in [1.807, 2.05) is 6.92 Å². The SMILES string of the molecule is CC#CCCOc1c(C)cc(Br)cc1CNC(C)(C)C. The second kappa shape index (κ2) is 7.71. The number of hydrogen-bond acceptors (Lipinski definition) is 2.